The molecule has 2 aromatic rings. The second kappa shape index (κ2) is 9.80. The Bertz CT molecular complexity index is 1040. The highest BCUT2D eigenvalue weighted by Gasteiger charge is 2.36. The van der Waals surface area contributed by atoms with Crippen molar-refractivity contribution in [2.45, 2.75) is 6.42 Å². The second-order valence-electron chi connectivity index (χ2n) is 6.74. The van der Waals surface area contributed by atoms with Crippen LogP contribution in [0.2, 0.25) is 10.0 Å². The molecule has 0 spiro atoms. The van der Waals surface area contributed by atoms with E-state index in [1.54, 1.807) is 18.2 Å². The van der Waals surface area contributed by atoms with Crippen LogP contribution in [0.1, 0.15) is 27.1 Å². The molecule has 1 saturated heterocycles. The van der Waals surface area contributed by atoms with Gasteiger partial charge in [0.15, 0.2) is 12.4 Å². The summed E-state index contributed by atoms with van der Waals surface area (Å²) in [5.74, 6) is -2.42. The van der Waals surface area contributed by atoms with Gasteiger partial charge in [-0.3, -0.25) is 29.6 Å². The van der Waals surface area contributed by atoms with E-state index in [4.69, 9.17) is 32.7 Å². The molecule has 1 atom stereocenters. The number of hydrazine groups is 1. The number of nitrogens with one attached hydrogen (secondary N) is 1. The lowest BCUT2D eigenvalue weighted by molar-refractivity contribution is -0.147. The summed E-state index contributed by atoms with van der Waals surface area (Å²) in [5.41, 5.74) is 2.98. The Morgan fingerprint density at radius 2 is 1.87 bits per heavy atom. The Labute approximate surface area is 188 Å². The molecular weight excluding hydrogens is 447 g/mol. The molecule has 1 aliphatic heterocycles. The maximum Gasteiger partial charge on any atom is 0.311 e. The lowest BCUT2D eigenvalue weighted by Crippen LogP contribution is -2.43. The highest BCUT2D eigenvalue weighted by Crippen LogP contribution is 2.23. The molecule has 3 rings (SSSR count). The van der Waals surface area contributed by atoms with Gasteiger partial charge in [0.1, 0.15) is 5.75 Å². The van der Waals surface area contributed by atoms with Gasteiger partial charge in [0, 0.05) is 17.5 Å². The average Bonchev–Trinajstić information content (AvgIpc) is 3.13. The molecule has 1 N–H and O–H groups in total. The second-order valence-corrected chi connectivity index (χ2v) is 7.55. The molecule has 0 bridgehead atoms. The normalized spacial score (nSPS) is 15.5. The van der Waals surface area contributed by atoms with Gasteiger partial charge < -0.3 is 9.47 Å². The number of benzene rings is 2. The fourth-order valence-corrected chi connectivity index (χ4v) is 3.23. The van der Waals surface area contributed by atoms with Gasteiger partial charge in [-0.25, -0.2) is 0 Å². The van der Waals surface area contributed by atoms with Crippen molar-refractivity contribution in [1.29, 1.82) is 0 Å². The Hall–Kier alpha value is -3.10. The van der Waals surface area contributed by atoms with Crippen molar-refractivity contribution >= 4 is 46.8 Å². The quantitative estimate of drug-likeness (QED) is 0.499. The van der Waals surface area contributed by atoms with Crippen molar-refractivity contribution < 1.29 is 28.7 Å². The number of hydrogen-bond donors (Lipinski definition) is 1. The number of methoxy groups -OCH3 is 1. The van der Waals surface area contributed by atoms with E-state index in [0.717, 1.165) is 5.01 Å². The molecule has 0 radical (unpaired) electrons. The molecule has 8 nitrogen and oxygen atoms in total. The van der Waals surface area contributed by atoms with Crippen molar-refractivity contribution in [1.82, 2.24) is 10.4 Å². The number of nitrogens with zero attached hydrogens (tertiary/aromatic N) is 1. The summed E-state index contributed by atoms with van der Waals surface area (Å²) in [6.45, 7) is -0.537. The third-order valence-electron chi connectivity index (χ3n) is 4.61. The first-order valence-corrected chi connectivity index (χ1v) is 9.94. The summed E-state index contributed by atoms with van der Waals surface area (Å²) >= 11 is 11.7. The minimum Gasteiger partial charge on any atom is -0.497 e. The van der Waals surface area contributed by atoms with E-state index >= 15 is 0 Å². The third kappa shape index (κ3) is 5.53. The zero-order valence-corrected chi connectivity index (χ0v) is 17.9. The largest absolute Gasteiger partial charge is 0.497 e. The van der Waals surface area contributed by atoms with Gasteiger partial charge in [-0.1, -0.05) is 35.3 Å². The van der Waals surface area contributed by atoms with Crippen LogP contribution < -0.4 is 10.2 Å². The van der Waals surface area contributed by atoms with Crippen LogP contribution in [-0.2, 0) is 14.3 Å². The van der Waals surface area contributed by atoms with Crippen LogP contribution >= 0.6 is 23.2 Å². The molecule has 1 unspecified atom stereocenters. The Morgan fingerprint density at radius 1 is 1.10 bits per heavy atom. The number of halogens is 2. The fraction of sp³-hybridized carbons (Fsp3) is 0.238. The number of carbonyl (C=O) groups excluding carboxylic acids is 4. The van der Waals surface area contributed by atoms with Gasteiger partial charge in [-0.15, -0.1) is 0 Å². The number of esters is 1. The highest BCUT2D eigenvalue weighted by atomic mass is 35.5. The summed E-state index contributed by atoms with van der Waals surface area (Å²) in [7, 11) is 1.48. The molecule has 31 heavy (non-hydrogen) atoms. The maximum absolute atomic E-state index is 12.3. The first-order chi connectivity index (χ1) is 14.8. The van der Waals surface area contributed by atoms with E-state index in [0.29, 0.717) is 16.3 Å². The summed E-state index contributed by atoms with van der Waals surface area (Å²) in [5, 5.41) is 1.53. The van der Waals surface area contributed by atoms with E-state index in [2.05, 4.69) is 5.43 Å². The molecule has 1 heterocycles. The number of amides is 2. The van der Waals surface area contributed by atoms with Crippen molar-refractivity contribution in [3.63, 3.8) is 0 Å². The smallest absolute Gasteiger partial charge is 0.311 e. The van der Waals surface area contributed by atoms with Gasteiger partial charge in [-0.2, -0.15) is 0 Å². The van der Waals surface area contributed by atoms with Crippen LogP contribution in [0.5, 0.6) is 5.75 Å². The number of ether oxygens (including phenoxy) is 2. The van der Waals surface area contributed by atoms with Crippen LogP contribution in [-0.4, -0.2) is 48.8 Å². The minimum absolute atomic E-state index is 0.0714. The van der Waals surface area contributed by atoms with E-state index < -0.39 is 36.1 Å². The first-order valence-electron chi connectivity index (χ1n) is 9.18. The van der Waals surface area contributed by atoms with Crippen LogP contribution in [0.4, 0.5) is 0 Å². The maximum atomic E-state index is 12.3. The zero-order valence-electron chi connectivity index (χ0n) is 16.4. The summed E-state index contributed by atoms with van der Waals surface area (Å²) < 4.78 is 10.1. The topological polar surface area (TPSA) is 102 Å². The number of Topliss-reactive ketones (excluding diaryl/α,β-unsaturated/α-hetero) is 1. The molecule has 0 aliphatic carbocycles. The molecule has 0 saturated carbocycles. The van der Waals surface area contributed by atoms with Gasteiger partial charge >= 0.3 is 5.97 Å². The average molecular weight is 465 g/mol. The first kappa shape index (κ1) is 22.6. The standard InChI is InChI=1S/C21H18Cl2N2O6/c1-30-15-4-2-3-12(7-15)18(26)11-31-21(29)14-9-19(27)25(10-14)24-20(28)13-5-6-16(22)17(23)8-13/h2-8,14H,9-11H2,1H3,(H,24,28). The fourth-order valence-electron chi connectivity index (χ4n) is 2.93. The van der Waals surface area contributed by atoms with Gasteiger partial charge in [0.25, 0.3) is 5.91 Å². The molecule has 0 aromatic heterocycles. The lowest BCUT2D eigenvalue weighted by atomic mass is 10.1. The third-order valence-corrected chi connectivity index (χ3v) is 5.35. The van der Waals surface area contributed by atoms with Gasteiger partial charge in [0.2, 0.25) is 5.91 Å². The Kier molecular flexibility index (Phi) is 7.14. The molecule has 2 aromatic carbocycles. The zero-order chi connectivity index (χ0) is 22.5. The highest BCUT2D eigenvalue weighted by molar-refractivity contribution is 6.42. The SMILES string of the molecule is COc1cccc(C(=O)COC(=O)C2CC(=O)N(NC(=O)c3ccc(Cl)c(Cl)c3)C2)c1. The van der Waals surface area contributed by atoms with Crippen LogP contribution in [0.15, 0.2) is 42.5 Å². The predicted octanol–water partition coefficient (Wildman–Crippen LogP) is 2.92. The predicted molar refractivity (Wildman–Crippen MR) is 112 cm³/mol. The molecular formula is C21H18Cl2N2O6. The number of rotatable bonds is 7. The van der Waals surface area contributed by atoms with E-state index in [-0.39, 0.29) is 23.6 Å². The van der Waals surface area contributed by atoms with E-state index in [9.17, 15) is 19.2 Å². The monoisotopic (exact) mass is 464 g/mol. The molecule has 162 valence electrons. The molecule has 1 aliphatic rings. The van der Waals surface area contributed by atoms with Crippen molar-refractivity contribution in [2.24, 2.45) is 5.92 Å². The lowest BCUT2D eigenvalue weighted by Gasteiger charge is -2.17. The van der Waals surface area contributed by atoms with Gasteiger partial charge in [-0.05, 0) is 30.3 Å². The van der Waals surface area contributed by atoms with Crippen LogP contribution in [0, 0.1) is 5.92 Å². The van der Waals surface area contributed by atoms with Gasteiger partial charge in [0.05, 0.1) is 29.6 Å². The summed E-state index contributed by atoms with van der Waals surface area (Å²) in [6.07, 6.45) is -0.145. The Balaban J connectivity index is 1.54. The molecule has 10 heteroatoms. The van der Waals surface area contributed by atoms with Crippen LogP contribution in [0.3, 0.4) is 0 Å². The van der Waals surface area contributed by atoms with Crippen molar-refractivity contribution in [3.05, 3.63) is 63.6 Å². The number of hydrogen-bond acceptors (Lipinski definition) is 6. The van der Waals surface area contributed by atoms with Crippen molar-refractivity contribution in [3.8, 4) is 5.75 Å². The van der Waals surface area contributed by atoms with E-state index in [1.165, 1.54) is 31.4 Å². The molecule has 1 fully saturated rings. The summed E-state index contributed by atoms with van der Waals surface area (Å²) in [6, 6.07) is 10.7. The number of carbonyl (C=O) groups is 4. The van der Waals surface area contributed by atoms with E-state index in [1.807, 2.05) is 0 Å². The van der Waals surface area contributed by atoms with Crippen LogP contribution in [0.25, 0.3) is 0 Å². The number of ketones is 1. The Morgan fingerprint density at radius 3 is 2.58 bits per heavy atom. The summed E-state index contributed by atoms with van der Waals surface area (Å²) in [4.78, 5) is 49.1. The molecule has 2 amide bonds. The minimum atomic E-state index is -0.806. The van der Waals surface area contributed by atoms with Crippen molar-refractivity contribution in [2.75, 3.05) is 20.3 Å².